The molecule has 0 aromatic carbocycles. The molecule has 0 radical (unpaired) electrons. The summed E-state index contributed by atoms with van der Waals surface area (Å²) in [5.41, 5.74) is 2.96. The lowest BCUT2D eigenvalue weighted by atomic mass is 10.1. The van der Waals surface area contributed by atoms with Gasteiger partial charge in [-0.25, -0.2) is 0 Å². The van der Waals surface area contributed by atoms with Gasteiger partial charge in [0.1, 0.15) is 0 Å². The number of aromatic nitrogens is 1. The second-order valence-electron chi connectivity index (χ2n) is 3.16. The van der Waals surface area contributed by atoms with E-state index >= 15 is 0 Å². The van der Waals surface area contributed by atoms with E-state index in [1.165, 1.54) is 24.0 Å². The van der Waals surface area contributed by atoms with Crippen molar-refractivity contribution in [1.29, 1.82) is 0 Å². The quantitative estimate of drug-likeness (QED) is 0.526. The standard InChI is InChI=1S/C9H11N/c1-7-4-8-2-3-10-6-9(8)5-7/h2-3,6-7H,4-5H2,1H3. The summed E-state index contributed by atoms with van der Waals surface area (Å²) in [4.78, 5) is 4.09. The summed E-state index contributed by atoms with van der Waals surface area (Å²) in [5.74, 6) is 0.833. The normalized spacial score (nSPS) is 22.7. The van der Waals surface area contributed by atoms with Crippen LogP contribution in [0.25, 0.3) is 0 Å². The van der Waals surface area contributed by atoms with Crippen molar-refractivity contribution >= 4 is 0 Å². The molecule has 1 aromatic heterocycles. The molecule has 10 heavy (non-hydrogen) atoms. The second kappa shape index (κ2) is 2.08. The summed E-state index contributed by atoms with van der Waals surface area (Å²) in [5, 5.41) is 0. The first kappa shape index (κ1) is 5.90. The third-order valence-electron chi connectivity index (χ3n) is 2.14. The van der Waals surface area contributed by atoms with Crippen LogP contribution in [-0.4, -0.2) is 4.98 Å². The van der Waals surface area contributed by atoms with Crippen molar-refractivity contribution in [2.75, 3.05) is 0 Å². The van der Waals surface area contributed by atoms with Gasteiger partial charge in [0, 0.05) is 12.4 Å². The number of hydrogen-bond acceptors (Lipinski definition) is 1. The molecule has 0 N–H and O–H groups in total. The summed E-state index contributed by atoms with van der Waals surface area (Å²) < 4.78 is 0. The molecule has 2 rings (SSSR count). The minimum atomic E-state index is 0.833. The van der Waals surface area contributed by atoms with Crippen LogP contribution in [0.3, 0.4) is 0 Å². The van der Waals surface area contributed by atoms with E-state index in [1.807, 2.05) is 12.4 Å². The van der Waals surface area contributed by atoms with Crippen LogP contribution in [0.15, 0.2) is 18.5 Å². The van der Waals surface area contributed by atoms with Gasteiger partial charge in [-0.3, -0.25) is 4.98 Å². The first-order valence-corrected chi connectivity index (χ1v) is 3.78. The van der Waals surface area contributed by atoms with Crippen molar-refractivity contribution in [2.45, 2.75) is 19.8 Å². The van der Waals surface area contributed by atoms with E-state index in [-0.39, 0.29) is 0 Å². The highest BCUT2D eigenvalue weighted by atomic mass is 14.6. The van der Waals surface area contributed by atoms with Gasteiger partial charge in [0.2, 0.25) is 0 Å². The largest absolute Gasteiger partial charge is 0.264 e. The van der Waals surface area contributed by atoms with Gasteiger partial charge in [0.25, 0.3) is 0 Å². The van der Waals surface area contributed by atoms with E-state index in [2.05, 4.69) is 18.0 Å². The molecule has 0 fully saturated rings. The molecule has 1 unspecified atom stereocenters. The van der Waals surface area contributed by atoms with Gasteiger partial charge in [-0.05, 0) is 36.0 Å². The van der Waals surface area contributed by atoms with Crippen molar-refractivity contribution in [3.05, 3.63) is 29.6 Å². The van der Waals surface area contributed by atoms with Crippen molar-refractivity contribution < 1.29 is 0 Å². The van der Waals surface area contributed by atoms with Crippen molar-refractivity contribution in [1.82, 2.24) is 4.98 Å². The fourth-order valence-electron chi connectivity index (χ4n) is 1.66. The van der Waals surface area contributed by atoms with Crippen LogP contribution in [0.2, 0.25) is 0 Å². The summed E-state index contributed by atoms with van der Waals surface area (Å²) in [6.07, 6.45) is 6.36. The van der Waals surface area contributed by atoms with Crippen LogP contribution in [0.5, 0.6) is 0 Å². The summed E-state index contributed by atoms with van der Waals surface area (Å²) in [6, 6.07) is 2.14. The topological polar surface area (TPSA) is 12.9 Å². The van der Waals surface area contributed by atoms with Crippen molar-refractivity contribution in [3.63, 3.8) is 0 Å². The summed E-state index contributed by atoms with van der Waals surface area (Å²) >= 11 is 0. The molecule has 0 amide bonds. The smallest absolute Gasteiger partial charge is 0.0302 e. The van der Waals surface area contributed by atoms with E-state index in [1.54, 1.807) is 0 Å². The average Bonchev–Trinajstić information content (AvgIpc) is 2.27. The fourth-order valence-corrected chi connectivity index (χ4v) is 1.66. The van der Waals surface area contributed by atoms with E-state index in [4.69, 9.17) is 0 Å². The van der Waals surface area contributed by atoms with Crippen LogP contribution in [-0.2, 0) is 12.8 Å². The van der Waals surface area contributed by atoms with Crippen LogP contribution >= 0.6 is 0 Å². The van der Waals surface area contributed by atoms with Gasteiger partial charge in [-0.2, -0.15) is 0 Å². The molecule has 0 aliphatic heterocycles. The van der Waals surface area contributed by atoms with Crippen molar-refractivity contribution in [2.24, 2.45) is 5.92 Å². The summed E-state index contributed by atoms with van der Waals surface area (Å²) in [7, 11) is 0. The van der Waals surface area contributed by atoms with Gasteiger partial charge in [-0.15, -0.1) is 0 Å². The Labute approximate surface area is 61.1 Å². The Balaban J connectivity index is 2.42. The number of hydrogen-bond donors (Lipinski definition) is 0. The summed E-state index contributed by atoms with van der Waals surface area (Å²) in [6.45, 7) is 2.29. The first-order valence-electron chi connectivity index (χ1n) is 3.78. The number of fused-ring (bicyclic) bond motifs is 1. The minimum absolute atomic E-state index is 0.833. The Morgan fingerprint density at radius 2 is 2.20 bits per heavy atom. The predicted molar refractivity (Wildman–Crippen MR) is 40.8 cm³/mol. The Morgan fingerprint density at radius 1 is 1.40 bits per heavy atom. The Morgan fingerprint density at radius 3 is 3.00 bits per heavy atom. The third kappa shape index (κ3) is 0.821. The maximum absolute atomic E-state index is 4.09. The lowest BCUT2D eigenvalue weighted by Crippen LogP contribution is -1.89. The van der Waals surface area contributed by atoms with Gasteiger partial charge in [0.05, 0.1) is 0 Å². The molecule has 52 valence electrons. The lowest BCUT2D eigenvalue weighted by Gasteiger charge is -1.93. The molecule has 1 atom stereocenters. The van der Waals surface area contributed by atoms with Crippen LogP contribution < -0.4 is 0 Å². The van der Waals surface area contributed by atoms with Gasteiger partial charge in [0.15, 0.2) is 0 Å². The molecule has 0 saturated carbocycles. The molecule has 0 spiro atoms. The molecule has 1 heteroatoms. The zero-order valence-electron chi connectivity index (χ0n) is 6.17. The lowest BCUT2D eigenvalue weighted by molar-refractivity contribution is 0.627. The maximum atomic E-state index is 4.09. The first-order chi connectivity index (χ1) is 4.86. The highest BCUT2D eigenvalue weighted by molar-refractivity contribution is 5.28. The Bertz CT molecular complexity index is 217. The Kier molecular flexibility index (Phi) is 1.23. The third-order valence-corrected chi connectivity index (χ3v) is 2.14. The molecule has 1 aliphatic rings. The SMILES string of the molecule is CC1Cc2ccncc2C1. The zero-order chi connectivity index (χ0) is 6.97. The molecular weight excluding hydrogens is 122 g/mol. The zero-order valence-corrected chi connectivity index (χ0v) is 6.17. The van der Waals surface area contributed by atoms with Crippen LogP contribution in [0, 0.1) is 5.92 Å². The van der Waals surface area contributed by atoms with Gasteiger partial charge in [-0.1, -0.05) is 6.92 Å². The number of nitrogens with zero attached hydrogens (tertiary/aromatic N) is 1. The number of rotatable bonds is 0. The highest BCUT2D eigenvalue weighted by Crippen LogP contribution is 2.24. The van der Waals surface area contributed by atoms with Gasteiger partial charge >= 0.3 is 0 Å². The molecule has 1 nitrogen and oxygen atoms in total. The van der Waals surface area contributed by atoms with E-state index in [9.17, 15) is 0 Å². The van der Waals surface area contributed by atoms with Crippen molar-refractivity contribution in [3.8, 4) is 0 Å². The fraction of sp³-hybridized carbons (Fsp3) is 0.444. The highest BCUT2D eigenvalue weighted by Gasteiger charge is 2.16. The molecular formula is C9H11N. The van der Waals surface area contributed by atoms with Crippen LogP contribution in [0.4, 0.5) is 0 Å². The Hall–Kier alpha value is -0.850. The number of pyridine rings is 1. The van der Waals surface area contributed by atoms with E-state index < -0.39 is 0 Å². The second-order valence-corrected chi connectivity index (χ2v) is 3.16. The van der Waals surface area contributed by atoms with E-state index in [0.717, 1.165) is 5.92 Å². The molecule has 0 saturated heterocycles. The van der Waals surface area contributed by atoms with E-state index in [0.29, 0.717) is 0 Å². The minimum Gasteiger partial charge on any atom is -0.264 e. The molecule has 1 aliphatic carbocycles. The predicted octanol–water partition coefficient (Wildman–Crippen LogP) is 1.82. The molecule has 1 aromatic rings. The van der Waals surface area contributed by atoms with Gasteiger partial charge < -0.3 is 0 Å². The average molecular weight is 133 g/mol. The molecule has 1 heterocycles. The monoisotopic (exact) mass is 133 g/mol. The maximum Gasteiger partial charge on any atom is 0.0302 e. The molecule has 0 bridgehead atoms. The van der Waals surface area contributed by atoms with Crippen LogP contribution in [0.1, 0.15) is 18.1 Å².